The third-order valence-electron chi connectivity index (χ3n) is 2.71. The zero-order valence-corrected chi connectivity index (χ0v) is 10.6. The predicted octanol–water partition coefficient (Wildman–Crippen LogP) is 2.56. The normalized spacial score (nSPS) is 10.3. The lowest BCUT2D eigenvalue weighted by Crippen LogP contribution is -2.10. The number of nitrogens with two attached hydrogens (primary N) is 1. The van der Waals surface area contributed by atoms with Gasteiger partial charge in [-0.2, -0.15) is 0 Å². The molecule has 1 heterocycles. The van der Waals surface area contributed by atoms with Gasteiger partial charge in [0.1, 0.15) is 5.69 Å². The van der Waals surface area contributed by atoms with Crippen molar-refractivity contribution in [3.05, 3.63) is 47.4 Å². The average molecular weight is 260 g/mol. The van der Waals surface area contributed by atoms with Gasteiger partial charge < -0.3 is 10.5 Å². The van der Waals surface area contributed by atoms with Crippen molar-refractivity contribution in [2.75, 3.05) is 12.8 Å². The van der Waals surface area contributed by atoms with Gasteiger partial charge in [0.25, 0.3) is 0 Å². The number of nitrogen functional groups attached to an aromatic ring is 1. The van der Waals surface area contributed by atoms with Crippen molar-refractivity contribution >= 4 is 11.7 Å². The molecule has 1 aromatic carbocycles. The Labute approximate surface area is 110 Å². The van der Waals surface area contributed by atoms with Gasteiger partial charge in [-0.3, -0.25) is 0 Å². The van der Waals surface area contributed by atoms with Gasteiger partial charge in [0.2, 0.25) is 0 Å². The quantitative estimate of drug-likeness (QED) is 0.843. The summed E-state index contributed by atoms with van der Waals surface area (Å²) in [5, 5.41) is 0. The first-order valence-electron chi connectivity index (χ1n) is 5.64. The van der Waals surface area contributed by atoms with Gasteiger partial charge in [-0.15, -0.1) is 0 Å². The van der Waals surface area contributed by atoms with E-state index in [-0.39, 0.29) is 17.1 Å². The minimum atomic E-state index is -0.689. The van der Waals surface area contributed by atoms with Gasteiger partial charge in [-0.25, -0.2) is 14.2 Å². The van der Waals surface area contributed by atoms with Gasteiger partial charge in [-0.1, -0.05) is 29.8 Å². The molecule has 0 unspecified atom stereocenters. The summed E-state index contributed by atoms with van der Waals surface area (Å²) in [5.74, 6) is -1.26. The SMILES string of the molecule is COC(=O)c1nc(-c2ccc(C)cc2)c(F)cc1N. The molecule has 0 saturated carbocycles. The van der Waals surface area contributed by atoms with Crippen LogP contribution in [0.2, 0.25) is 0 Å². The monoisotopic (exact) mass is 260 g/mol. The van der Waals surface area contributed by atoms with Crippen LogP contribution in [-0.2, 0) is 4.74 Å². The minimum Gasteiger partial charge on any atom is -0.464 e. The number of anilines is 1. The lowest BCUT2D eigenvalue weighted by molar-refractivity contribution is 0.0595. The van der Waals surface area contributed by atoms with E-state index in [0.29, 0.717) is 5.56 Å². The molecule has 0 atom stereocenters. The van der Waals surface area contributed by atoms with Crippen molar-refractivity contribution in [2.45, 2.75) is 6.92 Å². The summed E-state index contributed by atoms with van der Waals surface area (Å²) in [7, 11) is 1.22. The number of halogens is 1. The van der Waals surface area contributed by atoms with E-state index in [2.05, 4.69) is 9.72 Å². The Hall–Kier alpha value is -2.43. The number of esters is 1. The molecule has 2 aromatic rings. The number of methoxy groups -OCH3 is 1. The first-order chi connectivity index (χ1) is 9.02. The fraction of sp³-hybridized carbons (Fsp3) is 0.143. The highest BCUT2D eigenvalue weighted by Gasteiger charge is 2.17. The Morgan fingerprint density at radius 1 is 1.32 bits per heavy atom. The molecule has 19 heavy (non-hydrogen) atoms. The van der Waals surface area contributed by atoms with Gasteiger partial charge in [0, 0.05) is 11.6 Å². The Balaban J connectivity index is 2.57. The largest absolute Gasteiger partial charge is 0.464 e. The highest BCUT2D eigenvalue weighted by atomic mass is 19.1. The molecule has 0 amide bonds. The number of carbonyl (C=O) groups excluding carboxylic acids is 1. The van der Waals surface area contributed by atoms with Gasteiger partial charge in [-0.05, 0) is 6.92 Å². The molecule has 5 heteroatoms. The number of ether oxygens (including phenoxy) is 1. The Kier molecular flexibility index (Phi) is 3.46. The third-order valence-corrected chi connectivity index (χ3v) is 2.71. The van der Waals surface area contributed by atoms with Crippen LogP contribution in [0.4, 0.5) is 10.1 Å². The molecule has 4 nitrogen and oxygen atoms in total. The topological polar surface area (TPSA) is 65.2 Å². The maximum atomic E-state index is 13.9. The summed E-state index contributed by atoms with van der Waals surface area (Å²) in [6.07, 6.45) is 0. The minimum absolute atomic E-state index is 0.0415. The first-order valence-corrected chi connectivity index (χ1v) is 5.64. The van der Waals surface area contributed by atoms with Gasteiger partial charge in [0.15, 0.2) is 11.5 Å². The molecule has 2 N–H and O–H groups in total. The number of rotatable bonds is 2. The summed E-state index contributed by atoms with van der Waals surface area (Å²) in [6, 6.07) is 8.22. The molecule has 2 rings (SSSR count). The van der Waals surface area contributed by atoms with E-state index in [9.17, 15) is 9.18 Å². The van der Waals surface area contributed by atoms with E-state index in [1.54, 1.807) is 12.1 Å². The Morgan fingerprint density at radius 3 is 2.53 bits per heavy atom. The molecule has 0 saturated heterocycles. The van der Waals surface area contributed by atoms with Crippen LogP contribution in [0.5, 0.6) is 0 Å². The number of benzene rings is 1. The highest BCUT2D eigenvalue weighted by Crippen LogP contribution is 2.24. The van der Waals surface area contributed by atoms with Crippen molar-refractivity contribution in [3.63, 3.8) is 0 Å². The van der Waals surface area contributed by atoms with E-state index < -0.39 is 11.8 Å². The number of hydrogen-bond acceptors (Lipinski definition) is 4. The second-order valence-corrected chi connectivity index (χ2v) is 4.11. The molecular formula is C14H13FN2O2. The third kappa shape index (κ3) is 2.54. The number of hydrogen-bond donors (Lipinski definition) is 1. The smallest absolute Gasteiger partial charge is 0.358 e. The van der Waals surface area contributed by atoms with Crippen molar-refractivity contribution in [2.24, 2.45) is 0 Å². The van der Waals surface area contributed by atoms with Gasteiger partial charge >= 0.3 is 5.97 Å². The fourth-order valence-electron chi connectivity index (χ4n) is 1.68. The summed E-state index contributed by atoms with van der Waals surface area (Å²) >= 11 is 0. The van der Waals surface area contributed by atoms with Crippen LogP contribution in [0, 0.1) is 12.7 Å². The highest BCUT2D eigenvalue weighted by molar-refractivity contribution is 5.93. The molecule has 0 radical (unpaired) electrons. The van der Waals surface area contributed by atoms with E-state index in [1.165, 1.54) is 7.11 Å². The predicted molar refractivity (Wildman–Crippen MR) is 70.1 cm³/mol. The molecule has 0 fully saturated rings. The number of nitrogens with zero attached hydrogens (tertiary/aromatic N) is 1. The second-order valence-electron chi connectivity index (χ2n) is 4.11. The number of carbonyl (C=O) groups is 1. The summed E-state index contributed by atoms with van der Waals surface area (Å²) < 4.78 is 18.5. The van der Waals surface area contributed by atoms with Crippen molar-refractivity contribution < 1.29 is 13.9 Å². The zero-order valence-electron chi connectivity index (χ0n) is 10.6. The first kappa shape index (κ1) is 13.0. The van der Waals surface area contributed by atoms with Crippen LogP contribution in [0.15, 0.2) is 30.3 Å². The van der Waals surface area contributed by atoms with Crippen LogP contribution in [0.1, 0.15) is 16.1 Å². The molecule has 0 bridgehead atoms. The maximum Gasteiger partial charge on any atom is 0.358 e. The van der Waals surface area contributed by atoms with Crippen LogP contribution >= 0.6 is 0 Å². The van der Waals surface area contributed by atoms with E-state index in [0.717, 1.165) is 11.6 Å². The second kappa shape index (κ2) is 5.06. The van der Waals surface area contributed by atoms with Crippen molar-refractivity contribution in [1.29, 1.82) is 0 Å². The number of aryl methyl sites for hydroxylation is 1. The molecule has 0 aliphatic carbocycles. The van der Waals surface area contributed by atoms with E-state index in [1.807, 2.05) is 19.1 Å². The van der Waals surface area contributed by atoms with Crippen LogP contribution in [0.3, 0.4) is 0 Å². The zero-order chi connectivity index (χ0) is 14.0. The van der Waals surface area contributed by atoms with Crippen LogP contribution in [0.25, 0.3) is 11.3 Å². The molecule has 0 spiro atoms. The van der Waals surface area contributed by atoms with Crippen molar-refractivity contribution in [3.8, 4) is 11.3 Å². The average Bonchev–Trinajstić information content (AvgIpc) is 2.39. The van der Waals surface area contributed by atoms with Gasteiger partial charge in [0.05, 0.1) is 12.8 Å². The standard InChI is InChI=1S/C14H13FN2O2/c1-8-3-5-9(6-4-8)12-10(15)7-11(16)13(17-12)14(18)19-2/h3-7H,16H2,1-2H3. The summed E-state index contributed by atoms with van der Waals surface area (Å²) in [5.41, 5.74) is 7.14. The lowest BCUT2D eigenvalue weighted by atomic mass is 10.1. The fourth-order valence-corrected chi connectivity index (χ4v) is 1.68. The van der Waals surface area contributed by atoms with Crippen LogP contribution in [-0.4, -0.2) is 18.1 Å². The Morgan fingerprint density at radius 2 is 1.95 bits per heavy atom. The molecule has 98 valence electrons. The maximum absolute atomic E-state index is 13.9. The summed E-state index contributed by atoms with van der Waals surface area (Å²) in [4.78, 5) is 15.5. The number of pyridine rings is 1. The molecule has 0 aliphatic heterocycles. The summed E-state index contributed by atoms with van der Waals surface area (Å²) in [6.45, 7) is 1.93. The van der Waals surface area contributed by atoms with Crippen LogP contribution < -0.4 is 5.73 Å². The number of aromatic nitrogens is 1. The van der Waals surface area contributed by atoms with Crippen molar-refractivity contribution in [1.82, 2.24) is 4.98 Å². The molecular weight excluding hydrogens is 247 g/mol. The lowest BCUT2D eigenvalue weighted by Gasteiger charge is -2.08. The Bertz CT molecular complexity index is 624. The molecule has 1 aromatic heterocycles. The van der Waals surface area contributed by atoms with E-state index in [4.69, 9.17) is 5.73 Å². The van der Waals surface area contributed by atoms with E-state index >= 15 is 0 Å². The molecule has 0 aliphatic rings.